The Kier molecular flexibility index (Phi) is 4.59. The fraction of sp³-hybridized carbons (Fsp3) is 0.200. The molecule has 0 radical (unpaired) electrons. The Morgan fingerprint density at radius 1 is 1.06 bits per heavy atom. The number of nitrogens with zero attached hydrogens (tertiary/aromatic N) is 6. The molecule has 0 aliphatic carbocycles. The molecule has 5 aromatic rings. The third-order valence-electron chi connectivity index (χ3n) is 6.10. The van der Waals surface area contributed by atoms with E-state index in [1.807, 2.05) is 79.1 Å². The van der Waals surface area contributed by atoms with Crippen molar-refractivity contribution in [2.45, 2.75) is 20.0 Å². The molecule has 0 bridgehead atoms. The van der Waals surface area contributed by atoms with Crippen LogP contribution in [0.4, 0.5) is 5.69 Å². The van der Waals surface area contributed by atoms with Crippen molar-refractivity contribution in [3.05, 3.63) is 82.2 Å². The number of anilines is 1. The van der Waals surface area contributed by atoms with Crippen LogP contribution in [0.3, 0.4) is 0 Å². The van der Waals surface area contributed by atoms with Gasteiger partial charge in [-0.2, -0.15) is 5.10 Å². The monoisotopic (exact) mass is 453 g/mol. The van der Waals surface area contributed by atoms with Gasteiger partial charge >= 0.3 is 0 Å². The van der Waals surface area contributed by atoms with E-state index in [4.69, 9.17) is 4.74 Å². The van der Waals surface area contributed by atoms with Crippen LogP contribution in [-0.2, 0) is 20.1 Å². The summed E-state index contributed by atoms with van der Waals surface area (Å²) >= 11 is 0. The zero-order valence-corrected chi connectivity index (χ0v) is 19.1. The van der Waals surface area contributed by atoms with E-state index in [1.54, 1.807) is 6.20 Å². The minimum Gasteiger partial charge on any atom is -0.439 e. The van der Waals surface area contributed by atoms with Crippen molar-refractivity contribution in [1.82, 2.24) is 29.3 Å². The summed E-state index contributed by atoms with van der Waals surface area (Å²) in [5, 5.41) is 8.15. The maximum atomic E-state index is 13.3. The molecular formula is C25H23N7O2. The maximum absolute atomic E-state index is 13.3. The van der Waals surface area contributed by atoms with Gasteiger partial charge in [0.15, 0.2) is 0 Å². The summed E-state index contributed by atoms with van der Waals surface area (Å²) in [6.45, 7) is 2.96. The molecule has 0 unspecified atom stereocenters. The smallest absolute Gasteiger partial charge is 0.291 e. The topological polar surface area (TPSA) is 90.1 Å². The van der Waals surface area contributed by atoms with E-state index in [-0.39, 0.29) is 5.56 Å². The molecule has 0 atom stereocenters. The van der Waals surface area contributed by atoms with E-state index in [0.717, 1.165) is 39.1 Å². The number of hydrogen-bond donors (Lipinski definition) is 1. The van der Waals surface area contributed by atoms with Gasteiger partial charge in [-0.05, 0) is 37.3 Å². The van der Waals surface area contributed by atoms with Crippen LogP contribution in [0.25, 0.3) is 21.8 Å². The van der Waals surface area contributed by atoms with E-state index >= 15 is 0 Å². The molecule has 170 valence electrons. The first-order chi connectivity index (χ1) is 16.5. The molecule has 9 heteroatoms. The molecule has 9 nitrogen and oxygen atoms in total. The van der Waals surface area contributed by atoms with Gasteiger partial charge in [0, 0.05) is 42.7 Å². The number of aromatic nitrogens is 5. The van der Waals surface area contributed by atoms with E-state index < -0.39 is 0 Å². The van der Waals surface area contributed by atoms with Crippen molar-refractivity contribution < 1.29 is 4.74 Å². The molecule has 34 heavy (non-hydrogen) atoms. The molecule has 0 saturated carbocycles. The van der Waals surface area contributed by atoms with Crippen molar-refractivity contribution in [3.63, 3.8) is 0 Å². The molecule has 1 aromatic carbocycles. The number of nitrogens with one attached hydrogen (secondary N) is 1. The molecule has 0 saturated heterocycles. The summed E-state index contributed by atoms with van der Waals surface area (Å²) in [5.74, 6) is 1.19. The van der Waals surface area contributed by atoms with Crippen molar-refractivity contribution >= 4 is 27.5 Å². The normalized spacial score (nSPS) is 13.4. The van der Waals surface area contributed by atoms with Crippen LogP contribution in [0.1, 0.15) is 17.1 Å². The Labute approximate surface area is 195 Å². The lowest BCUT2D eigenvalue weighted by molar-refractivity contribution is 0.414. The molecule has 6 rings (SSSR count). The van der Waals surface area contributed by atoms with Crippen LogP contribution in [-0.4, -0.2) is 36.4 Å². The molecule has 1 aliphatic rings. The highest BCUT2D eigenvalue weighted by molar-refractivity contribution is 6.07. The highest BCUT2D eigenvalue weighted by Gasteiger charge is 2.18. The Balaban J connectivity index is 1.37. The molecule has 1 aliphatic heterocycles. The molecule has 5 heterocycles. The third-order valence-corrected chi connectivity index (χ3v) is 6.10. The van der Waals surface area contributed by atoms with Gasteiger partial charge in [-0.15, -0.1) is 0 Å². The van der Waals surface area contributed by atoms with Gasteiger partial charge in [0.05, 0.1) is 41.9 Å². The highest BCUT2D eigenvalue weighted by Crippen LogP contribution is 2.32. The lowest BCUT2D eigenvalue weighted by atomic mass is 10.2. The molecule has 0 spiro atoms. The van der Waals surface area contributed by atoms with Crippen LogP contribution in [0.15, 0.2) is 59.5 Å². The van der Waals surface area contributed by atoms with Crippen LogP contribution < -0.4 is 15.7 Å². The first-order valence-electron chi connectivity index (χ1n) is 11.0. The first-order valence-corrected chi connectivity index (χ1v) is 11.0. The van der Waals surface area contributed by atoms with Crippen molar-refractivity contribution in [2.75, 3.05) is 12.5 Å². The lowest BCUT2D eigenvalue weighted by Gasteiger charge is -2.07. The summed E-state index contributed by atoms with van der Waals surface area (Å²) in [5.41, 5.74) is 8.20. The molecule has 1 N–H and O–H groups in total. The summed E-state index contributed by atoms with van der Waals surface area (Å²) in [7, 11) is 3.86. The Morgan fingerprint density at radius 2 is 1.94 bits per heavy atom. The SMILES string of the molecule is Cc1cccc(Cn2ncc3c4ccc(Oc5ccc6c(n5)CN(C)N6)cc4n(C)c3c2=O)n1. The molecule has 0 amide bonds. The average Bonchev–Trinajstić information content (AvgIpc) is 3.32. The number of pyridine rings is 2. The van der Waals surface area contributed by atoms with E-state index in [1.165, 1.54) is 4.68 Å². The van der Waals surface area contributed by atoms with E-state index in [2.05, 4.69) is 20.5 Å². The minimum atomic E-state index is -0.154. The predicted octanol–water partition coefficient (Wildman–Crippen LogP) is 3.60. The van der Waals surface area contributed by atoms with Crippen LogP contribution in [0.2, 0.25) is 0 Å². The number of benzene rings is 1. The Hall–Kier alpha value is -4.24. The summed E-state index contributed by atoms with van der Waals surface area (Å²) in [6.07, 6.45) is 1.75. The molecular weight excluding hydrogens is 430 g/mol. The summed E-state index contributed by atoms with van der Waals surface area (Å²) in [6, 6.07) is 15.4. The van der Waals surface area contributed by atoms with Crippen LogP contribution in [0.5, 0.6) is 11.6 Å². The standard InChI is InChI=1S/C25H23N7O2/c1-15-5-4-6-16(27-15)13-32-25(33)24-19(12-26-32)18-8-7-17(11-22(18)31(24)3)34-23-10-9-20-21(28-23)14-30(2)29-20/h4-12,29H,13-14H2,1-3H3. The number of hydrogen-bond acceptors (Lipinski definition) is 7. The van der Waals surface area contributed by atoms with Crippen molar-refractivity contribution in [2.24, 2.45) is 7.05 Å². The fourth-order valence-corrected chi connectivity index (χ4v) is 4.51. The molecule has 4 aromatic heterocycles. The van der Waals surface area contributed by atoms with Crippen molar-refractivity contribution in [1.29, 1.82) is 0 Å². The largest absolute Gasteiger partial charge is 0.439 e. The zero-order valence-electron chi connectivity index (χ0n) is 19.1. The van der Waals surface area contributed by atoms with Gasteiger partial charge in [-0.3, -0.25) is 9.78 Å². The number of aryl methyl sites for hydroxylation is 2. The van der Waals surface area contributed by atoms with Gasteiger partial charge in [0.2, 0.25) is 5.88 Å². The lowest BCUT2D eigenvalue weighted by Crippen LogP contribution is -2.24. The fourth-order valence-electron chi connectivity index (χ4n) is 4.51. The first kappa shape index (κ1) is 20.4. The second kappa shape index (κ2) is 7.67. The molecule has 0 fully saturated rings. The van der Waals surface area contributed by atoms with Crippen LogP contribution >= 0.6 is 0 Å². The second-order valence-electron chi connectivity index (χ2n) is 8.59. The number of rotatable bonds is 4. The Bertz CT molecular complexity index is 1640. The van der Waals surface area contributed by atoms with Gasteiger partial charge in [0.1, 0.15) is 11.3 Å². The average molecular weight is 454 g/mol. The maximum Gasteiger partial charge on any atom is 0.291 e. The quantitative estimate of drug-likeness (QED) is 0.445. The van der Waals surface area contributed by atoms with E-state index in [9.17, 15) is 4.79 Å². The number of hydrazine groups is 1. The zero-order chi connectivity index (χ0) is 23.4. The summed E-state index contributed by atoms with van der Waals surface area (Å²) < 4.78 is 9.42. The second-order valence-corrected chi connectivity index (χ2v) is 8.59. The summed E-state index contributed by atoms with van der Waals surface area (Å²) in [4.78, 5) is 22.4. The van der Waals surface area contributed by atoms with Crippen LogP contribution in [0, 0.1) is 6.92 Å². The highest BCUT2D eigenvalue weighted by atomic mass is 16.5. The minimum absolute atomic E-state index is 0.154. The van der Waals surface area contributed by atoms with Gasteiger partial charge < -0.3 is 14.7 Å². The predicted molar refractivity (Wildman–Crippen MR) is 130 cm³/mol. The van der Waals surface area contributed by atoms with Gasteiger partial charge in [-0.1, -0.05) is 6.07 Å². The van der Waals surface area contributed by atoms with Gasteiger partial charge in [0.25, 0.3) is 5.56 Å². The van der Waals surface area contributed by atoms with Gasteiger partial charge in [-0.25, -0.2) is 14.7 Å². The number of fused-ring (bicyclic) bond motifs is 4. The number of ether oxygens (including phenoxy) is 1. The van der Waals surface area contributed by atoms with Crippen molar-refractivity contribution in [3.8, 4) is 11.6 Å². The van der Waals surface area contributed by atoms with E-state index in [0.29, 0.717) is 30.2 Å². The Morgan fingerprint density at radius 3 is 2.79 bits per heavy atom. The third kappa shape index (κ3) is 3.37.